The van der Waals surface area contributed by atoms with E-state index in [4.69, 9.17) is 9.52 Å². The number of carboxylic acid groups (broad SMARTS) is 1. The molecule has 2 aromatic rings. The minimum Gasteiger partial charge on any atom is -0.481 e. The summed E-state index contributed by atoms with van der Waals surface area (Å²) in [6.07, 6.45) is 1.06. The molecule has 0 aliphatic heterocycles. The van der Waals surface area contributed by atoms with Crippen molar-refractivity contribution in [1.29, 1.82) is 0 Å². The predicted octanol–water partition coefficient (Wildman–Crippen LogP) is 2.15. The Balaban J connectivity index is 2.15. The van der Waals surface area contributed by atoms with E-state index in [1.807, 2.05) is 17.5 Å². The van der Waals surface area contributed by atoms with Crippen LogP contribution in [0.3, 0.4) is 0 Å². The Morgan fingerprint density at radius 2 is 2.10 bits per heavy atom. The topological polar surface area (TPSA) is 87.8 Å². The standard InChI is InChI=1S/C13H15NO5S2/c15-13(16)5-8-21(17,18)14(9-11-3-1-6-19-11)10-12-4-2-7-20-12/h1-4,6-7H,5,8-10H2,(H,15,16). The van der Waals surface area contributed by atoms with Crippen molar-refractivity contribution >= 4 is 27.3 Å². The Hall–Kier alpha value is -1.64. The number of aliphatic carboxylic acids is 1. The fourth-order valence-electron chi connectivity index (χ4n) is 1.75. The Labute approximate surface area is 126 Å². The molecule has 0 atom stereocenters. The summed E-state index contributed by atoms with van der Waals surface area (Å²) in [6.45, 7) is 0.299. The molecule has 114 valence electrons. The highest BCUT2D eigenvalue weighted by molar-refractivity contribution is 7.89. The lowest BCUT2D eigenvalue weighted by atomic mass is 10.4. The van der Waals surface area contributed by atoms with Crippen molar-refractivity contribution in [3.05, 3.63) is 46.5 Å². The number of carbonyl (C=O) groups is 1. The van der Waals surface area contributed by atoms with Crippen molar-refractivity contribution in [2.75, 3.05) is 5.75 Å². The number of rotatable bonds is 8. The van der Waals surface area contributed by atoms with Crippen LogP contribution in [0, 0.1) is 0 Å². The van der Waals surface area contributed by atoms with Crippen LogP contribution in [-0.4, -0.2) is 29.6 Å². The molecule has 2 rings (SSSR count). The van der Waals surface area contributed by atoms with Gasteiger partial charge in [-0.2, -0.15) is 4.31 Å². The van der Waals surface area contributed by atoms with Gasteiger partial charge in [0.2, 0.25) is 10.0 Å². The number of carboxylic acids is 1. The fourth-order valence-corrected chi connectivity index (χ4v) is 3.90. The highest BCUT2D eigenvalue weighted by atomic mass is 32.2. The molecule has 0 spiro atoms. The average molecular weight is 329 g/mol. The lowest BCUT2D eigenvalue weighted by molar-refractivity contribution is -0.136. The van der Waals surface area contributed by atoms with E-state index < -0.39 is 28.2 Å². The van der Waals surface area contributed by atoms with Gasteiger partial charge in [0.25, 0.3) is 0 Å². The van der Waals surface area contributed by atoms with E-state index in [0.29, 0.717) is 5.76 Å². The molecule has 0 bridgehead atoms. The van der Waals surface area contributed by atoms with Crippen molar-refractivity contribution < 1.29 is 22.7 Å². The molecule has 0 saturated heterocycles. The number of nitrogens with zero attached hydrogens (tertiary/aromatic N) is 1. The number of hydrogen-bond donors (Lipinski definition) is 1. The Morgan fingerprint density at radius 1 is 1.29 bits per heavy atom. The second-order valence-electron chi connectivity index (χ2n) is 4.39. The molecule has 1 N–H and O–H groups in total. The molecule has 0 aliphatic carbocycles. The van der Waals surface area contributed by atoms with Gasteiger partial charge < -0.3 is 9.52 Å². The number of thiophene rings is 1. The molecular formula is C13H15NO5S2. The monoisotopic (exact) mass is 329 g/mol. The van der Waals surface area contributed by atoms with Gasteiger partial charge in [0, 0.05) is 11.4 Å². The highest BCUT2D eigenvalue weighted by Crippen LogP contribution is 2.18. The van der Waals surface area contributed by atoms with Gasteiger partial charge in [-0.3, -0.25) is 4.79 Å². The molecule has 0 aromatic carbocycles. The van der Waals surface area contributed by atoms with Gasteiger partial charge in [0.1, 0.15) is 5.76 Å². The van der Waals surface area contributed by atoms with Gasteiger partial charge >= 0.3 is 5.97 Å². The van der Waals surface area contributed by atoms with Crippen molar-refractivity contribution in [2.24, 2.45) is 0 Å². The van der Waals surface area contributed by atoms with Crippen molar-refractivity contribution in [1.82, 2.24) is 4.31 Å². The van der Waals surface area contributed by atoms with E-state index in [-0.39, 0.29) is 13.1 Å². The summed E-state index contributed by atoms with van der Waals surface area (Å²) in [7, 11) is -3.67. The third kappa shape index (κ3) is 4.69. The molecule has 2 aromatic heterocycles. The molecule has 0 unspecified atom stereocenters. The average Bonchev–Trinajstić information content (AvgIpc) is 3.09. The smallest absolute Gasteiger partial charge is 0.304 e. The van der Waals surface area contributed by atoms with Crippen LogP contribution in [0.25, 0.3) is 0 Å². The summed E-state index contributed by atoms with van der Waals surface area (Å²) in [5, 5.41) is 10.5. The van der Waals surface area contributed by atoms with Crippen LogP contribution in [0.1, 0.15) is 17.1 Å². The summed E-state index contributed by atoms with van der Waals surface area (Å²) in [5.41, 5.74) is 0. The van der Waals surface area contributed by atoms with Crippen LogP contribution >= 0.6 is 11.3 Å². The van der Waals surface area contributed by atoms with E-state index in [1.165, 1.54) is 21.9 Å². The Kier molecular flexibility index (Phi) is 5.16. The lowest BCUT2D eigenvalue weighted by Gasteiger charge is -2.20. The van der Waals surface area contributed by atoms with Gasteiger partial charge in [-0.05, 0) is 23.6 Å². The van der Waals surface area contributed by atoms with Crippen LogP contribution in [0.15, 0.2) is 40.3 Å². The molecule has 8 heteroatoms. The Morgan fingerprint density at radius 3 is 2.67 bits per heavy atom. The molecule has 0 saturated carbocycles. The van der Waals surface area contributed by atoms with Crippen LogP contribution in [0.5, 0.6) is 0 Å². The normalized spacial score (nSPS) is 11.9. The summed E-state index contributed by atoms with van der Waals surface area (Å²) in [4.78, 5) is 11.5. The molecule has 0 radical (unpaired) electrons. The molecule has 21 heavy (non-hydrogen) atoms. The third-order valence-electron chi connectivity index (χ3n) is 2.79. The molecule has 6 nitrogen and oxygen atoms in total. The van der Waals surface area contributed by atoms with E-state index in [9.17, 15) is 13.2 Å². The quantitative estimate of drug-likeness (QED) is 0.801. The van der Waals surface area contributed by atoms with Crippen LogP contribution < -0.4 is 0 Å². The molecular weight excluding hydrogens is 314 g/mol. The zero-order valence-electron chi connectivity index (χ0n) is 11.1. The SMILES string of the molecule is O=C(O)CCS(=O)(=O)N(Cc1ccco1)Cc1cccs1. The molecule has 0 amide bonds. The maximum absolute atomic E-state index is 12.3. The molecule has 0 aliphatic rings. The van der Waals surface area contributed by atoms with E-state index >= 15 is 0 Å². The third-order valence-corrected chi connectivity index (χ3v) is 5.42. The van der Waals surface area contributed by atoms with Crippen molar-refractivity contribution in [2.45, 2.75) is 19.5 Å². The van der Waals surface area contributed by atoms with Crippen LogP contribution in [0.2, 0.25) is 0 Å². The van der Waals surface area contributed by atoms with Gasteiger partial charge in [-0.15, -0.1) is 11.3 Å². The van der Waals surface area contributed by atoms with Crippen molar-refractivity contribution in [3.63, 3.8) is 0 Å². The molecule has 0 fully saturated rings. The summed E-state index contributed by atoms with van der Waals surface area (Å²) in [6, 6.07) is 7.05. The Bertz CT molecular complexity index is 625. The highest BCUT2D eigenvalue weighted by Gasteiger charge is 2.24. The van der Waals surface area contributed by atoms with Crippen LogP contribution in [0.4, 0.5) is 0 Å². The summed E-state index contributed by atoms with van der Waals surface area (Å²) >= 11 is 1.45. The first kappa shape index (κ1) is 15.7. The first-order valence-corrected chi connectivity index (χ1v) is 8.70. The van der Waals surface area contributed by atoms with Gasteiger partial charge in [-0.25, -0.2) is 8.42 Å². The van der Waals surface area contributed by atoms with E-state index in [0.717, 1.165) is 4.88 Å². The maximum atomic E-state index is 12.3. The minimum atomic E-state index is -3.67. The summed E-state index contributed by atoms with van der Waals surface area (Å²) < 4.78 is 31.1. The van der Waals surface area contributed by atoms with Crippen LogP contribution in [-0.2, 0) is 27.9 Å². The van der Waals surface area contributed by atoms with Gasteiger partial charge in [0.05, 0.1) is 25.0 Å². The number of sulfonamides is 1. The van der Waals surface area contributed by atoms with Gasteiger partial charge in [-0.1, -0.05) is 6.07 Å². The second-order valence-corrected chi connectivity index (χ2v) is 7.51. The predicted molar refractivity (Wildman–Crippen MR) is 78.3 cm³/mol. The van der Waals surface area contributed by atoms with E-state index in [1.54, 1.807) is 12.1 Å². The zero-order chi connectivity index (χ0) is 15.3. The first-order chi connectivity index (χ1) is 9.97. The van der Waals surface area contributed by atoms with Crippen molar-refractivity contribution in [3.8, 4) is 0 Å². The lowest BCUT2D eigenvalue weighted by Crippen LogP contribution is -2.32. The minimum absolute atomic E-state index is 0.0901. The second kappa shape index (κ2) is 6.88. The maximum Gasteiger partial charge on any atom is 0.304 e. The fraction of sp³-hybridized carbons (Fsp3) is 0.308. The zero-order valence-corrected chi connectivity index (χ0v) is 12.8. The number of furan rings is 1. The number of hydrogen-bond acceptors (Lipinski definition) is 5. The summed E-state index contributed by atoms with van der Waals surface area (Å²) in [5.74, 6) is -1.04. The largest absolute Gasteiger partial charge is 0.481 e. The first-order valence-electron chi connectivity index (χ1n) is 6.22. The molecule has 2 heterocycles. The van der Waals surface area contributed by atoms with E-state index in [2.05, 4.69) is 0 Å². The van der Waals surface area contributed by atoms with Gasteiger partial charge in [0.15, 0.2) is 0 Å².